The Morgan fingerprint density at radius 2 is 2.12 bits per heavy atom. The summed E-state index contributed by atoms with van der Waals surface area (Å²) in [5.74, 6) is -0.840. The predicted molar refractivity (Wildman–Crippen MR) is 60.4 cm³/mol. The topological polar surface area (TPSA) is 86.7 Å². The van der Waals surface area contributed by atoms with E-state index in [0.29, 0.717) is 18.8 Å². The average Bonchev–Trinajstić information content (AvgIpc) is 2.44. The molecule has 1 aliphatic rings. The number of aliphatic carboxylic acids is 1. The lowest BCUT2D eigenvalue weighted by molar-refractivity contribution is -0.137. The minimum atomic E-state index is -0.921. The molecule has 1 atom stereocenters. The Morgan fingerprint density at radius 1 is 1.47 bits per heavy atom. The minimum Gasteiger partial charge on any atom is -0.481 e. The highest BCUT2D eigenvalue weighted by Gasteiger charge is 2.37. The van der Waals surface area contributed by atoms with E-state index in [-0.39, 0.29) is 18.9 Å². The molecule has 0 aromatic rings. The lowest BCUT2D eigenvalue weighted by Gasteiger charge is -2.13. The molecule has 0 bridgehead atoms. The number of rotatable bonds is 6. The number of nitrogens with one attached hydrogen (secondary N) is 1. The molecule has 1 heterocycles. The molecule has 0 aromatic heterocycles. The summed E-state index contributed by atoms with van der Waals surface area (Å²) in [6.07, 6.45) is 0.870. The van der Waals surface area contributed by atoms with Crippen LogP contribution in [0.1, 0.15) is 33.1 Å². The molecular formula is C11H18N2O4. The van der Waals surface area contributed by atoms with Crippen molar-refractivity contribution in [1.29, 1.82) is 0 Å². The van der Waals surface area contributed by atoms with E-state index in [1.165, 1.54) is 0 Å². The largest absolute Gasteiger partial charge is 0.481 e. The normalized spacial score (nSPS) is 19.9. The molecule has 0 spiro atoms. The third-order valence-electron chi connectivity index (χ3n) is 2.59. The summed E-state index contributed by atoms with van der Waals surface area (Å²) >= 11 is 0. The van der Waals surface area contributed by atoms with Crippen molar-refractivity contribution in [2.75, 3.05) is 6.54 Å². The molecule has 0 saturated carbocycles. The zero-order chi connectivity index (χ0) is 13.0. The van der Waals surface area contributed by atoms with Gasteiger partial charge in [-0.3, -0.25) is 14.5 Å². The Hall–Kier alpha value is -1.59. The highest BCUT2D eigenvalue weighted by Crippen LogP contribution is 2.14. The van der Waals surface area contributed by atoms with Crippen LogP contribution in [-0.2, 0) is 9.59 Å². The summed E-state index contributed by atoms with van der Waals surface area (Å²) < 4.78 is 0. The van der Waals surface area contributed by atoms with Gasteiger partial charge in [0, 0.05) is 13.0 Å². The van der Waals surface area contributed by atoms with Crippen molar-refractivity contribution >= 4 is 17.9 Å². The summed E-state index contributed by atoms with van der Waals surface area (Å²) in [7, 11) is 0. The van der Waals surface area contributed by atoms with Crippen LogP contribution in [0, 0.1) is 5.92 Å². The van der Waals surface area contributed by atoms with E-state index in [1.807, 2.05) is 13.8 Å². The number of urea groups is 1. The maximum atomic E-state index is 11.8. The first-order chi connectivity index (χ1) is 7.91. The van der Waals surface area contributed by atoms with Gasteiger partial charge in [0.05, 0.1) is 0 Å². The first kappa shape index (κ1) is 13.5. The highest BCUT2D eigenvalue weighted by molar-refractivity contribution is 6.04. The van der Waals surface area contributed by atoms with Gasteiger partial charge in [-0.05, 0) is 18.8 Å². The van der Waals surface area contributed by atoms with Crippen LogP contribution in [0.15, 0.2) is 0 Å². The number of amides is 3. The van der Waals surface area contributed by atoms with E-state index in [1.54, 1.807) is 0 Å². The SMILES string of the molecule is CC(C)CC1NC(=O)N(CCCC(=O)O)C1=O. The minimum absolute atomic E-state index is 0.0358. The molecule has 1 aliphatic heterocycles. The zero-order valence-corrected chi connectivity index (χ0v) is 10.1. The van der Waals surface area contributed by atoms with Crippen LogP contribution in [0.4, 0.5) is 4.79 Å². The number of nitrogens with zero attached hydrogens (tertiary/aromatic N) is 1. The fourth-order valence-electron chi connectivity index (χ4n) is 1.81. The Balaban J connectivity index is 2.48. The molecule has 1 saturated heterocycles. The first-order valence-electron chi connectivity index (χ1n) is 5.75. The Labute approximate surface area is 100.0 Å². The van der Waals surface area contributed by atoms with E-state index in [2.05, 4.69) is 5.32 Å². The van der Waals surface area contributed by atoms with Gasteiger partial charge in [-0.25, -0.2) is 4.79 Å². The van der Waals surface area contributed by atoms with E-state index in [9.17, 15) is 14.4 Å². The number of carbonyl (C=O) groups excluding carboxylic acids is 2. The van der Waals surface area contributed by atoms with Gasteiger partial charge in [0.2, 0.25) is 0 Å². The second-order valence-electron chi connectivity index (χ2n) is 4.62. The summed E-state index contributed by atoms with van der Waals surface area (Å²) in [6.45, 7) is 4.13. The lowest BCUT2D eigenvalue weighted by atomic mass is 10.0. The smallest absolute Gasteiger partial charge is 0.324 e. The van der Waals surface area contributed by atoms with Crippen LogP contribution in [0.5, 0.6) is 0 Å². The van der Waals surface area contributed by atoms with Gasteiger partial charge in [-0.15, -0.1) is 0 Å². The molecule has 0 aromatic carbocycles. The van der Waals surface area contributed by atoms with Crippen molar-refractivity contribution in [3.8, 4) is 0 Å². The van der Waals surface area contributed by atoms with Crippen LogP contribution < -0.4 is 5.32 Å². The molecule has 1 rings (SSSR count). The summed E-state index contributed by atoms with van der Waals surface area (Å²) in [5.41, 5.74) is 0. The van der Waals surface area contributed by atoms with E-state index in [4.69, 9.17) is 5.11 Å². The van der Waals surface area contributed by atoms with E-state index < -0.39 is 18.0 Å². The average molecular weight is 242 g/mol. The number of hydrogen-bond donors (Lipinski definition) is 2. The van der Waals surface area contributed by atoms with Crippen LogP contribution in [0.3, 0.4) is 0 Å². The Kier molecular flexibility index (Phi) is 4.48. The zero-order valence-electron chi connectivity index (χ0n) is 10.1. The quantitative estimate of drug-likeness (QED) is 0.675. The number of imide groups is 1. The van der Waals surface area contributed by atoms with Crippen molar-refractivity contribution < 1.29 is 19.5 Å². The standard InChI is InChI=1S/C11H18N2O4/c1-7(2)6-8-10(16)13(11(17)12-8)5-3-4-9(14)15/h7-8H,3-6H2,1-2H3,(H,12,17)(H,14,15). The monoisotopic (exact) mass is 242 g/mol. The predicted octanol–water partition coefficient (Wildman–Crippen LogP) is 0.818. The van der Waals surface area contributed by atoms with E-state index in [0.717, 1.165) is 4.90 Å². The summed E-state index contributed by atoms with van der Waals surface area (Å²) in [5, 5.41) is 11.1. The van der Waals surface area contributed by atoms with Gasteiger partial charge in [-0.1, -0.05) is 13.8 Å². The number of hydrogen-bond acceptors (Lipinski definition) is 3. The van der Waals surface area contributed by atoms with Crippen molar-refractivity contribution in [3.05, 3.63) is 0 Å². The fraction of sp³-hybridized carbons (Fsp3) is 0.727. The van der Waals surface area contributed by atoms with Gasteiger partial charge < -0.3 is 10.4 Å². The third-order valence-corrected chi connectivity index (χ3v) is 2.59. The molecular weight excluding hydrogens is 224 g/mol. The lowest BCUT2D eigenvalue weighted by Crippen LogP contribution is -2.33. The van der Waals surface area contributed by atoms with Crippen molar-refractivity contribution in [3.63, 3.8) is 0 Å². The van der Waals surface area contributed by atoms with Gasteiger partial charge in [0.25, 0.3) is 5.91 Å². The number of carbonyl (C=O) groups is 3. The molecule has 0 radical (unpaired) electrons. The summed E-state index contributed by atoms with van der Waals surface area (Å²) in [4.78, 5) is 34.8. The van der Waals surface area contributed by atoms with Crippen LogP contribution in [0.2, 0.25) is 0 Å². The molecule has 6 nitrogen and oxygen atoms in total. The molecule has 3 amide bonds. The van der Waals surface area contributed by atoms with Gasteiger partial charge >= 0.3 is 12.0 Å². The first-order valence-corrected chi connectivity index (χ1v) is 5.75. The molecule has 6 heteroatoms. The van der Waals surface area contributed by atoms with Crippen LogP contribution in [0.25, 0.3) is 0 Å². The second kappa shape index (κ2) is 5.65. The summed E-state index contributed by atoms with van der Waals surface area (Å²) in [6, 6.07) is -0.863. The molecule has 0 aliphatic carbocycles. The van der Waals surface area contributed by atoms with Crippen molar-refractivity contribution in [2.24, 2.45) is 5.92 Å². The van der Waals surface area contributed by atoms with Crippen molar-refractivity contribution in [1.82, 2.24) is 10.2 Å². The van der Waals surface area contributed by atoms with Gasteiger partial charge in [0.15, 0.2) is 0 Å². The second-order valence-corrected chi connectivity index (χ2v) is 4.62. The molecule has 96 valence electrons. The maximum absolute atomic E-state index is 11.8. The molecule has 2 N–H and O–H groups in total. The highest BCUT2D eigenvalue weighted by atomic mass is 16.4. The maximum Gasteiger partial charge on any atom is 0.324 e. The van der Waals surface area contributed by atoms with Crippen LogP contribution >= 0.6 is 0 Å². The van der Waals surface area contributed by atoms with Gasteiger partial charge in [-0.2, -0.15) is 0 Å². The van der Waals surface area contributed by atoms with Crippen molar-refractivity contribution in [2.45, 2.75) is 39.2 Å². The Bertz CT molecular complexity index is 327. The molecule has 1 unspecified atom stereocenters. The van der Waals surface area contributed by atoms with Gasteiger partial charge in [0.1, 0.15) is 6.04 Å². The van der Waals surface area contributed by atoms with E-state index >= 15 is 0 Å². The molecule has 1 fully saturated rings. The Morgan fingerprint density at radius 3 is 2.65 bits per heavy atom. The fourth-order valence-corrected chi connectivity index (χ4v) is 1.81. The number of carboxylic acids is 1. The molecule has 17 heavy (non-hydrogen) atoms. The number of carboxylic acid groups (broad SMARTS) is 1. The van der Waals surface area contributed by atoms with Crippen LogP contribution in [-0.4, -0.2) is 40.5 Å². The third kappa shape index (κ3) is 3.72.